The molecule has 1 atom stereocenters. The van der Waals surface area contributed by atoms with Gasteiger partial charge in [-0.3, -0.25) is 14.9 Å². The molecule has 1 aromatic heterocycles. The van der Waals surface area contributed by atoms with Gasteiger partial charge in [0.25, 0.3) is 11.6 Å². The Hall–Kier alpha value is -2.55. The highest BCUT2D eigenvalue weighted by atomic mass is 79.9. The zero-order valence-corrected chi connectivity index (χ0v) is 14.6. The molecule has 1 aromatic carbocycles. The highest BCUT2D eigenvalue weighted by Crippen LogP contribution is 2.23. The molecule has 3 rings (SSSR count). The lowest BCUT2D eigenvalue weighted by Gasteiger charge is -2.18. The maximum atomic E-state index is 13.2. The van der Waals surface area contributed by atoms with E-state index < -0.39 is 10.7 Å². The van der Waals surface area contributed by atoms with Gasteiger partial charge in [0.2, 0.25) is 0 Å². The summed E-state index contributed by atoms with van der Waals surface area (Å²) in [4.78, 5) is 28.4. The van der Waals surface area contributed by atoms with Gasteiger partial charge < -0.3 is 10.2 Å². The quantitative estimate of drug-likeness (QED) is 0.619. The molecule has 0 spiro atoms. The van der Waals surface area contributed by atoms with Crippen LogP contribution in [0.3, 0.4) is 0 Å². The molecular formula is C16H14BrFN4O3. The van der Waals surface area contributed by atoms with Gasteiger partial charge in [0.15, 0.2) is 0 Å². The minimum absolute atomic E-state index is 0.00266. The van der Waals surface area contributed by atoms with Gasteiger partial charge in [-0.2, -0.15) is 0 Å². The molecule has 1 N–H and O–H groups in total. The average Bonchev–Trinajstić information content (AvgIpc) is 3.03. The van der Waals surface area contributed by atoms with E-state index in [1.165, 1.54) is 30.5 Å². The Morgan fingerprint density at radius 1 is 1.40 bits per heavy atom. The van der Waals surface area contributed by atoms with E-state index >= 15 is 0 Å². The van der Waals surface area contributed by atoms with Crippen LogP contribution < -0.4 is 5.32 Å². The summed E-state index contributed by atoms with van der Waals surface area (Å²) >= 11 is 3.21. The molecule has 0 aliphatic carbocycles. The molecule has 1 amide bonds. The zero-order chi connectivity index (χ0) is 18.0. The number of benzene rings is 1. The molecule has 1 aliphatic heterocycles. The molecule has 7 nitrogen and oxygen atoms in total. The maximum Gasteiger partial charge on any atom is 0.287 e. The number of halogens is 2. The van der Waals surface area contributed by atoms with Crippen molar-refractivity contribution in [1.29, 1.82) is 0 Å². The number of nitrogens with zero attached hydrogens (tertiary/aromatic N) is 3. The topological polar surface area (TPSA) is 88.4 Å². The molecule has 0 saturated carbocycles. The largest absolute Gasteiger partial charge is 0.365 e. The van der Waals surface area contributed by atoms with E-state index in [0.717, 1.165) is 6.42 Å². The fraction of sp³-hybridized carbons (Fsp3) is 0.250. The summed E-state index contributed by atoms with van der Waals surface area (Å²) in [5, 5.41) is 13.8. The molecule has 0 unspecified atom stereocenters. The van der Waals surface area contributed by atoms with Crippen molar-refractivity contribution in [2.75, 3.05) is 18.4 Å². The van der Waals surface area contributed by atoms with Gasteiger partial charge >= 0.3 is 0 Å². The number of anilines is 1. The second kappa shape index (κ2) is 7.14. The van der Waals surface area contributed by atoms with Gasteiger partial charge in [-0.05, 0) is 46.6 Å². The van der Waals surface area contributed by atoms with Crippen molar-refractivity contribution >= 4 is 33.3 Å². The van der Waals surface area contributed by atoms with Gasteiger partial charge in [0.05, 0.1) is 10.5 Å². The van der Waals surface area contributed by atoms with Crippen molar-refractivity contribution in [3.8, 4) is 0 Å². The summed E-state index contributed by atoms with van der Waals surface area (Å²) in [5.74, 6) is -0.0608. The second-order valence-corrected chi connectivity index (χ2v) is 6.52. The monoisotopic (exact) mass is 408 g/mol. The molecular weight excluding hydrogens is 395 g/mol. The summed E-state index contributed by atoms with van der Waals surface area (Å²) in [5.41, 5.74) is 0.338. The Morgan fingerprint density at radius 2 is 2.20 bits per heavy atom. The summed E-state index contributed by atoms with van der Waals surface area (Å²) in [6.45, 7) is 1.04. The minimum atomic E-state index is -0.507. The Morgan fingerprint density at radius 3 is 2.84 bits per heavy atom. The molecule has 1 fully saturated rings. The van der Waals surface area contributed by atoms with Crippen LogP contribution in [0.15, 0.2) is 41.0 Å². The van der Waals surface area contributed by atoms with Crippen molar-refractivity contribution in [3.05, 3.63) is 62.5 Å². The Balaban J connectivity index is 1.63. The standard InChI is InChI=1S/C16H14BrFN4O3/c17-14-7-10(18)1-3-13(14)16(23)21-6-5-11(9-21)20-15-4-2-12(8-19-15)22(24)25/h1-4,7-8,11H,5-6,9H2,(H,19,20)/t11-/m0/s1. The fourth-order valence-electron chi connectivity index (χ4n) is 2.68. The number of aromatic nitrogens is 1. The SMILES string of the molecule is O=C(c1ccc(F)cc1Br)N1CC[C@H](Nc2ccc([N+](=O)[O-])cn2)C1. The number of nitrogens with one attached hydrogen (secondary N) is 1. The average molecular weight is 409 g/mol. The minimum Gasteiger partial charge on any atom is -0.365 e. The zero-order valence-electron chi connectivity index (χ0n) is 13.0. The number of hydrogen-bond acceptors (Lipinski definition) is 5. The lowest BCUT2D eigenvalue weighted by atomic mass is 10.2. The number of rotatable bonds is 4. The Labute approximate surface area is 151 Å². The lowest BCUT2D eigenvalue weighted by Crippen LogP contribution is -2.32. The van der Waals surface area contributed by atoms with Crippen LogP contribution in [-0.4, -0.2) is 39.8 Å². The van der Waals surface area contributed by atoms with Crippen molar-refractivity contribution < 1.29 is 14.1 Å². The van der Waals surface area contributed by atoms with Gasteiger partial charge in [0.1, 0.15) is 17.8 Å². The number of hydrogen-bond donors (Lipinski definition) is 1. The van der Waals surface area contributed by atoms with Crippen LogP contribution >= 0.6 is 15.9 Å². The highest BCUT2D eigenvalue weighted by molar-refractivity contribution is 9.10. The maximum absolute atomic E-state index is 13.2. The third kappa shape index (κ3) is 3.93. The molecule has 2 aromatic rings. The lowest BCUT2D eigenvalue weighted by molar-refractivity contribution is -0.385. The fourth-order valence-corrected chi connectivity index (χ4v) is 3.20. The number of amides is 1. The van der Waals surface area contributed by atoms with Gasteiger partial charge in [-0.25, -0.2) is 9.37 Å². The van der Waals surface area contributed by atoms with E-state index in [-0.39, 0.29) is 17.6 Å². The van der Waals surface area contributed by atoms with Gasteiger partial charge in [-0.1, -0.05) is 0 Å². The second-order valence-electron chi connectivity index (χ2n) is 5.66. The van der Waals surface area contributed by atoms with Crippen molar-refractivity contribution in [1.82, 2.24) is 9.88 Å². The summed E-state index contributed by atoms with van der Waals surface area (Å²) in [7, 11) is 0. The molecule has 0 bridgehead atoms. The molecule has 2 heterocycles. The molecule has 25 heavy (non-hydrogen) atoms. The summed E-state index contributed by atoms with van der Waals surface area (Å²) < 4.78 is 13.6. The normalized spacial score (nSPS) is 16.7. The van der Waals surface area contributed by atoms with E-state index in [4.69, 9.17) is 0 Å². The molecule has 0 radical (unpaired) electrons. The van der Waals surface area contributed by atoms with Crippen molar-refractivity contribution in [3.63, 3.8) is 0 Å². The van der Waals surface area contributed by atoms with Crippen LogP contribution in [0, 0.1) is 15.9 Å². The first-order chi connectivity index (χ1) is 11.9. The number of nitro groups is 1. The van der Waals surface area contributed by atoms with E-state index in [2.05, 4.69) is 26.2 Å². The van der Waals surface area contributed by atoms with E-state index in [0.29, 0.717) is 28.9 Å². The van der Waals surface area contributed by atoms with E-state index in [9.17, 15) is 19.3 Å². The first-order valence-corrected chi connectivity index (χ1v) is 8.34. The number of carbonyl (C=O) groups is 1. The highest BCUT2D eigenvalue weighted by Gasteiger charge is 2.28. The third-order valence-electron chi connectivity index (χ3n) is 3.95. The van der Waals surface area contributed by atoms with Crippen molar-refractivity contribution in [2.24, 2.45) is 0 Å². The first kappa shape index (κ1) is 17.3. The first-order valence-electron chi connectivity index (χ1n) is 7.55. The summed E-state index contributed by atoms with van der Waals surface area (Å²) in [6.07, 6.45) is 1.92. The number of pyridine rings is 1. The van der Waals surface area contributed by atoms with Gasteiger partial charge in [-0.15, -0.1) is 0 Å². The van der Waals surface area contributed by atoms with Crippen LogP contribution in [-0.2, 0) is 0 Å². The number of carbonyl (C=O) groups excluding carboxylic acids is 1. The number of likely N-dealkylation sites (tertiary alicyclic amines) is 1. The summed E-state index contributed by atoms with van der Waals surface area (Å²) in [6, 6.07) is 6.89. The third-order valence-corrected chi connectivity index (χ3v) is 4.60. The predicted octanol–water partition coefficient (Wildman–Crippen LogP) is 3.22. The van der Waals surface area contributed by atoms with E-state index in [1.54, 1.807) is 11.0 Å². The molecule has 130 valence electrons. The van der Waals surface area contributed by atoms with Crippen LogP contribution in [0.1, 0.15) is 16.8 Å². The van der Waals surface area contributed by atoms with Crippen LogP contribution in [0.25, 0.3) is 0 Å². The predicted molar refractivity (Wildman–Crippen MR) is 92.9 cm³/mol. The van der Waals surface area contributed by atoms with Crippen LogP contribution in [0.5, 0.6) is 0 Å². The molecule has 1 saturated heterocycles. The Kier molecular flexibility index (Phi) is 4.93. The van der Waals surface area contributed by atoms with Gasteiger partial charge in [0, 0.05) is 29.7 Å². The van der Waals surface area contributed by atoms with E-state index in [1.807, 2.05) is 0 Å². The molecule has 9 heteroatoms. The van der Waals surface area contributed by atoms with Crippen LogP contribution in [0.2, 0.25) is 0 Å². The Bertz CT molecular complexity index is 816. The molecule has 1 aliphatic rings. The van der Waals surface area contributed by atoms with Crippen molar-refractivity contribution in [2.45, 2.75) is 12.5 Å². The smallest absolute Gasteiger partial charge is 0.287 e. The van der Waals surface area contributed by atoms with Crippen LogP contribution in [0.4, 0.5) is 15.9 Å².